The topological polar surface area (TPSA) is 91.6 Å². The van der Waals surface area contributed by atoms with Gasteiger partial charge in [-0.05, 0) is 43.3 Å². The van der Waals surface area contributed by atoms with Gasteiger partial charge in [0.2, 0.25) is 5.91 Å². The number of aliphatic hydroxyl groups excluding tert-OH is 1. The molecule has 2 aliphatic rings. The van der Waals surface area contributed by atoms with Crippen LogP contribution in [0.5, 0.6) is 5.75 Å². The van der Waals surface area contributed by atoms with E-state index < -0.39 is 8.32 Å². The van der Waals surface area contributed by atoms with Gasteiger partial charge in [-0.2, -0.15) is 5.10 Å². The molecule has 0 fully saturated rings. The van der Waals surface area contributed by atoms with E-state index in [2.05, 4.69) is 12.0 Å². The van der Waals surface area contributed by atoms with Crippen molar-refractivity contribution in [1.82, 2.24) is 0 Å². The molecule has 4 atom stereocenters. The number of anilines is 1. The first-order chi connectivity index (χ1) is 16.2. The fourth-order valence-electron chi connectivity index (χ4n) is 5.15. The standard InChI is InChI=1S/C26H34N2O5Si/c1-17-25(32-2)20-16-19(10-12-22(20)33-26(17)23(14-15-29)34(3,4)31)28-24(30)13-11-21(27-28)18-8-6-5-7-9-18/h5-10,12,16-17,23,25-26,29,31H,11,13-15H2,1-4H3/t17-,23?,25-,26-/m1/s1. The lowest BCUT2D eigenvalue weighted by Gasteiger charge is -2.43. The molecule has 182 valence electrons. The van der Waals surface area contributed by atoms with Crippen LogP contribution in [-0.4, -0.2) is 49.7 Å². The number of carbonyl (C=O) groups is 1. The molecule has 1 amide bonds. The van der Waals surface area contributed by atoms with Crippen molar-refractivity contribution in [2.45, 2.75) is 57.0 Å². The summed E-state index contributed by atoms with van der Waals surface area (Å²) in [6, 6.07) is 15.5. The van der Waals surface area contributed by atoms with E-state index in [1.165, 1.54) is 5.01 Å². The Hall–Kier alpha value is -2.52. The van der Waals surface area contributed by atoms with Crippen LogP contribution < -0.4 is 9.75 Å². The lowest BCUT2D eigenvalue weighted by molar-refractivity contribution is -0.118. The Labute approximate surface area is 202 Å². The molecule has 0 radical (unpaired) electrons. The predicted molar refractivity (Wildman–Crippen MR) is 135 cm³/mol. The Kier molecular flexibility index (Phi) is 7.23. The number of ether oxygens (including phenoxy) is 2. The summed E-state index contributed by atoms with van der Waals surface area (Å²) in [5.41, 5.74) is 3.29. The highest BCUT2D eigenvalue weighted by Gasteiger charge is 2.46. The number of benzene rings is 2. The number of fused-ring (bicyclic) bond motifs is 1. The summed E-state index contributed by atoms with van der Waals surface area (Å²) in [5.74, 6) is 0.576. The van der Waals surface area contributed by atoms with Gasteiger partial charge in [-0.3, -0.25) is 4.79 Å². The van der Waals surface area contributed by atoms with Crippen LogP contribution in [0.4, 0.5) is 5.69 Å². The molecule has 0 saturated heterocycles. The number of aliphatic hydroxyl groups is 1. The quantitative estimate of drug-likeness (QED) is 0.576. The molecule has 2 aromatic rings. The van der Waals surface area contributed by atoms with Gasteiger partial charge >= 0.3 is 0 Å². The van der Waals surface area contributed by atoms with Gasteiger partial charge in [-0.1, -0.05) is 37.3 Å². The van der Waals surface area contributed by atoms with Crippen molar-refractivity contribution in [3.8, 4) is 5.75 Å². The maximum Gasteiger partial charge on any atom is 0.247 e. The summed E-state index contributed by atoms with van der Waals surface area (Å²) < 4.78 is 12.3. The summed E-state index contributed by atoms with van der Waals surface area (Å²) >= 11 is 0. The normalized spacial score (nSPS) is 23.7. The van der Waals surface area contributed by atoms with Crippen molar-refractivity contribution in [1.29, 1.82) is 0 Å². The first kappa shape index (κ1) is 24.6. The maximum atomic E-state index is 12.8. The number of carbonyl (C=O) groups excluding carboxylic acids is 1. The van der Waals surface area contributed by atoms with Crippen molar-refractivity contribution in [3.05, 3.63) is 59.7 Å². The van der Waals surface area contributed by atoms with Crippen LogP contribution >= 0.6 is 0 Å². The highest BCUT2D eigenvalue weighted by molar-refractivity contribution is 6.71. The van der Waals surface area contributed by atoms with Crippen molar-refractivity contribution < 1.29 is 24.2 Å². The molecule has 8 heteroatoms. The second-order valence-corrected chi connectivity index (χ2v) is 13.8. The molecule has 2 aliphatic heterocycles. The second-order valence-electron chi connectivity index (χ2n) is 9.71. The Morgan fingerprint density at radius 3 is 2.59 bits per heavy atom. The molecule has 0 aliphatic carbocycles. The zero-order valence-corrected chi connectivity index (χ0v) is 21.3. The molecule has 2 aromatic carbocycles. The number of hydrogen-bond donors (Lipinski definition) is 2. The van der Waals surface area contributed by atoms with E-state index >= 15 is 0 Å². The number of hydrogen-bond acceptors (Lipinski definition) is 6. The second kappa shape index (κ2) is 9.99. The lowest BCUT2D eigenvalue weighted by Crippen LogP contribution is -2.48. The molecule has 0 aromatic heterocycles. The Bertz CT molecular complexity index is 1050. The van der Waals surface area contributed by atoms with E-state index in [1.807, 2.05) is 61.6 Å². The first-order valence-electron chi connectivity index (χ1n) is 11.9. The van der Waals surface area contributed by atoms with Gasteiger partial charge in [0.05, 0.1) is 17.5 Å². The number of nitrogens with zero attached hydrogens (tertiary/aromatic N) is 2. The first-order valence-corrected chi connectivity index (χ1v) is 14.9. The van der Waals surface area contributed by atoms with Crippen LogP contribution in [0.1, 0.15) is 43.4 Å². The summed E-state index contributed by atoms with van der Waals surface area (Å²) in [7, 11) is -0.931. The largest absolute Gasteiger partial charge is 0.490 e. The monoisotopic (exact) mass is 482 g/mol. The highest BCUT2D eigenvalue weighted by Crippen LogP contribution is 2.47. The van der Waals surface area contributed by atoms with Crippen LogP contribution in [0, 0.1) is 5.92 Å². The Morgan fingerprint density at radius 1 is 1.21 bits per heavy atom. The van der Waals surface area contributed by atoms with Gasteiger partial charge in [-0.25, -0.2) is 5.01 Å². The van der Waals surface area contributed by atoms with Crippen LogP contribution in [0.25, 0.3) is 0 Å². The van der Waals surface area contributed by atoms with Crippen molar-refractivity contribution in [2.75, 3.05) is 18.7 Å². The predicted octanol–water partition coefficient (Wildman–Crippen LogP) is 4.25. The van der Waals surface area contributed by atoms with Gasteiger partial charge in [0.1, 0.15) is 11.9 Å². The molecule has 34 heavy (non-hydrogen) atoms. The number of rotatable bonds is 7. The van der Waals surface area contributed by atoms with Crippen molar-refractivity contribution >= 4 is 25.6 Å². The van der Waals surface area contributed by atoms with Gasteiger partial charge in [-0.15, -0.1) is 0 Å². The van der Waals surface area contributed by atoms with Crippen molar-refractivity contribution in [2.24, 2.45) is 11.0 Å². The van der Waals surface area contributed by atoms with E-state index in [4.69, 9.17) is 9.47 Å². The van der Waals surface area contributed by atoms with Crippen LogP contribution in [0.2, 0.25) is 18.6 Å². The molecule has 0 bridgehead atoms. The number of amides is 1. The molecule has 7 nitrogen and oxygen atoms in total. The highest BCUT2D eigenvalue weighted by atomic mass is 28.4. The van der Waals surface area contributed by atoms with Crippen LogP contribution in [0.3, 0.4) is 0 Å². The molecule has 2 heterocycles. The summed E-state index contributed by atoms with van der Waals surface area (Å²) in [6.45, 7) is 5.81. The zero-order chi connectivity index (χ0) is 24.5. The SMILES string of the molecule is CO[C@H]1c2cc(N3N=C(c4ccccc4)CCC3=O)ccc2O[C@@H](C(CCO)[Si](C)(C)O)[C@@H]1C. The average molecular weight is 483 g/mol. The molecular formula is C26H34N2O5Si. The minimum absolute atomic E-state index is 0.00347. The van der Waals surface area contributed by atoms with E-state index in [0.29, 0.717) is 30.7 Å². The van der Waals surface area contributed by atoms with Crippen molar-refractivity contribution in [3.63, 3.8) is 0 Å². The van der Waals surface area contributed by atoms with E-state index in [0.717, 1.165) is 16.8 Å². The van der Waals surface area contributed by atoms with Crippen LogP contribution in [-0.2, 0) is 9.53 Å². The Balaban J connectivity index is 1.69. The summed E-state index contributed by atoms with van der Waals surface area (Å²) in [6.07, 6.45) is 0.936. The minimum atomic E-state index is -2.60. The fraction of sp³-hybridized carbons (Fsp3) is 0.462. The van der Waals surface area contributed by atoms with E-state index in [9.17, 15) is 14.7 Å². The third-order valence-corrected chi connectivity index (χ3v) is 9.37. The van der Waals surface area contributed by atoms with E-state index in [-0.39, 0.29) is 36.2 Å². The third kappa shape index (κ3) is 4.81. The molecule has 2 N–H and O–H groups in total. The van der Waals surface area contributed by atoms with E-state index in [1.54, 1.807) is 7.11 Å². The fourth-order valence-corrected chi connectivity index (χ4v) is 7.16. The maximum absolute atomic E-state index is 12.8. The third-order valence-electron chi connectivity index (χ3n) is 6.94. The lowest BCUT2D eigenvalue weighted by atomic mass is 9.86. The molecule has 0 saturated carbocycles. The average Bonchev–Trinajstić information content (AvgIpc) is 2.82. The number of hydrazone groups is 1. The smallest absolute Gasteiger partial charge is 0.247 e. The minimum Gasteiger partial charge on any atom is -0.490 e. The molecule has 0 spiro atoms. The zero-order valence-electron chi connectivity index (χ0n) is 20.3. The summed E-state index contributed by atoms with van der Waals surface area (Å²) in [5, 5.41) is 15.8. The summed E-state index contributed by atoms with van der Waals surface area (Å²) in [4.78, 5) is 23.7. The molecular weight excluding hydrogens is 448 g/mol. The van der Waals surface area contributed by atoms with Gasteiger partial charge in [0.25, 0.3) is 0 Å². The van der Waals surface area contributed by atoms with Gasteiger partial charge in [0.15, 0.2) is 8.32 Å². The number of methoxy groups -OCH3 is 1. The Morgan fingerprint density at radius 2 is 1.94 bits per heavy atom. The molecule has 1 unspecified atom stereocenters. The van der Waals surface area contributed by atoms with Gasteiger partial charge < -0.3 is 19.4 Å². The van der Waals surface area contributed by atoms with Gasteiger partial charge in [0, 0.05) is 43.6 Å². The molecule has 4 rings (SSSR count). The van der Waals surface area contributed by atoms with Crippen LogP contribution in [0.15, 0.2) is 53.6 Å².